The first-order valence-corrected chi connectivity index (χ1v) is 8.12. The lowest BCUT2D eigenvalue weighted by Crippen LogP contribution is -2.35. The number of nitro benzene ring substituents is 1. The average molecular weight is 337 g/mol. The van der Waals surface area contributed by atoms with Crippen LogP contribution in [0.3, 0.4) is 0 Å². The molecule has 0 aliphatic carbocycles. The minimum Gasteiger partial charge on any atom is -0.355 e. The van der Waals surface area contributed by atoms with Crippen LogP contribution in [0.15, 0.2) is 48.5 Å². The van der Waals surface area contributed by atoms with Crippen LogP contribution in [-0.2, 0) is 6.54 Å². The first-order chi connectivity index (χ1) is 12.1. The SMILES string of the molecule is CN1CCCn2c1c(-c1ccc([N+](=O)[O-])cc1)[n+](=O)c1ccccc12. The lowest BCUT2D eigenvalue weighted by molar-refractivity contribution is -0.451. The van der Waals surface area contributed by atoms with Crippen LogP contribution in [0, 0.1) is 15.0 Å². The number of hydrogen-bond acceptors (Lipinski definition) is 4. The maximum Gasteiger partial charge on any atom is 0.311 e. The number of nitro groups is 1. The van der Waals surface area contributed by atoms with Crippen LogP contribution in [0.1, 0.15) is 6.42 Å². The zero-order valence-corrected chi connectivity index (χ0v) is 13.8. The first kappa shape index (κ1) is 15.3. The Morgan fingerprint density at radius 2 is 1.80 bits per heavy atom. The van der Waals surface area contributed by atoms with E-state index in [1.54, 1.807) is 18.2 Å². The van der Waals surface area contributed by atoms with Gasteiger partial charge in [-0.3, -0.25) is 10.1 Å². The van der Waals surface area contributed by atoms with Gasteiger partial charge in [-0.05, 0) is 24.6 Å². The number of hydrogen-bond donors (Lipinski definition) is 0. The lowest BCUT2D eigenvalue weighted by Gasteiger charge is -2.29. The third kappa shape index (κ3) is 2.36. The highest BCUT2D eigenvalue weighted by Crippen LogP contribution is 2.33. The number of fused-ring (bicyclic) bond motifs is 3. The Bertz CT molecular complexity index is 1040. The average Bonchev–Trinajstić information content (AvgIpc) is 2.63. The molecule has 25 heavy (non-hydrogen) atoms. The topological polar surface area (TPSA) is 74.3 Å². The van der Waals surface area contributed by atoms with Gasteiger partial charge in [-0.25, -0.2) is 0 Å². The van der Waals surface area contributed by atoms with Gasteiger partial charge in [0, 0.05) is 43.2 Å². The van der Waals surface area contributed by atoms with E-state index in [1.807, 2.05) is 25.2 Å². The molecule has 126 valence electrons. The number of anilines is 1. The van der Waals surface area contributed by atoms with Gasteiger partial charge >= 0.3 is 5.69 Å². The fourth-order valence-corrected chi connectivity index (χ4v) is 3.49. The van der Waals surface area contributed by atoms with Crippen molar-refractivity contribution >= 4 is 22.5 Å². The van der Waals surface area contributed by atoms with E-state index in [9.17, 15) is 15.0 Å². The van der Waals surface area contributed by atoms with Crippen molar-refractivity contribution in [3.8, 4) is 11.3 Å². The quantitative estimate of drug-likeness (QED) is 0.409. The van der Waals surface area contributed by atoms with Crippen LogP contribution in [0.4, 0.5) is 11.5 Å². The number of aromatic nitrogens is 2. The molecule has 0 atom stereocenters. The summed E-state index contributed by atoms with van der Waals surface area (Å²) in [6.45, 7) is 1.69. The summed E-state index contributed by atoms with van der Waals surface area (Å²) >= 11 is 0. The van der Waals surface area contributed by atoms with Crippen molar-refractivity contribution in [2.24, 2.45) is 0 Å². The van der Waals surface area contributed by atoms with Gasteiger partial charge in [0.15, 0.2) is 5.82 Å². The predicted octanol–water partition coefficient (Wildman–Crippen LogP) is 2.97. The normalized spacial score (nSPS) is 13.7. The number of non-ortho nitro benzene ring substituents is 1. The summed E-state index contributed by atoms with van der Waals surface area (Å²) in [7, 11) is 1.97. The molecule has 1 aromatic heterocycles. The largest absolute Gasteiger partial charge is 0.355 e. The standard InChI is InChI=1S/C18H17N4O3/c1-19-11-4-12-20-15-5-2-3-6-16(15)21(23)17(18(19)20)13-7-9-14(10-8-13)22(24)25/h2-3,5-10H,4,11-12H2,1H3/q+1. The highest BCUT2D eigenvalue weighted by Gasteiger charge is 2.30. The van der Waals surface area contributed by atoms with E-state index >= 15 is 0 Å². The summed E-state index contributed by atoms with van der Waals surface area (Å²) < 4.78 is 3.09. The Labute approximate surface area is 143 Å². The van der Waals surface area contributed by atoms with Crippen LogP contribution in [-0.4, -0.2) is 23.1 Å². The molecule has 0 radical (unpaired) electrons. The van der Waals surface area contributed by atoms with Gasteiger partial charge in [0.2, 0.25) is 0 Å². The summed E-state index contributed by atoms with van der Waals surface area (Å²) in [5, 5.41) is 10.9. The van der Waals surface area contributed by atoms with Crippen LogP contribution >= 0.6 is 0 Å². The number of benzene rings is 2. The Hall–Kier alpha value is -3.22. The van der Waals surface area contributed by atoms with E-state index in [2.05, 4.69) is 9.47 Å². The molecule has 7 nitrogen and oxygen atoms in total. The zero-order valence-electron chi connectivity index (χ0n) is 13.8. The minimum absolute atomic E-state index is 0.0110. The van der Waals surface area contributed by atoms with Gasteiger partial charge in [0.1, 0.15) is 5.52 Å². The molecule has 0 amide bonds. The summed E-state index contributed by atoms with van der Waals surface area (Å²) in [5.74, 6) is 0.841. The monoisotopic (exact) mass is 337 g/mol. The Balaban J connectivity index is 2.06. The maximum atomic E-state index is 13.1. The number of nitrogens with zero attached hydrogens (tertiary/aromatic N) is 4. The third-order valence-corrected chi connectivity index (χ3v) is 4.65. The fraction of sp³-hybridized carbons (Fsp3) is 0.222. The van der Waals surface area contributed by atoms with Gasteiger partial charge in [-0.2, -0.15) is 0 Å². The molecule has 2 aromatic carbocycles. The van der Waals surface area contributed by atoms with Crippen molar-refractivity contribution in [3.05, 3.63) is 63.6 Å². The van der Waals surface area contributed by atoms with Crippen molar-refractivity contribution in [2.45, 2.75) is 13.0 Å². The van der Waals surface area contributed by atoms with E-state index in [4.69, 9.17) is 0 Å². The molecule has 0 spiro atoms. The first-order valence-electron chi connectivity index (χ1n) is 8.12. The van der Waals surface area contributed by atoms with Crippen molar-refractivity contribution < 1.29 is 9.35 Å². The molecule has 0 unspecified atom stereocenters. The Morgan fingerprint density at radius 1 is 1.08 bits per heavy atom. The Kier molecular flexibility index (Phi) is 3.49. The van der Waals surface area contributed by atoms with Crippen LogP contribution in [0.2, 0.25) is 0 Å². The second-order valence-electron chi connectivity index (χ2n) is 6.19. The van der Waals surface area contributed by atoms with E-state index in [1.165, 1.54) is 12.1 Å². The highest BCUT2D eigenvalue weighted by atomic mass is 16.6. The molecular formula is C18H17N4O3+. The lowest BCUT2D eigenvalue weighted by atomic mass is 10.1. The summed E-state index contributed by atoms with van der Waals surface area (Å²) in [5.41, 5.74) is 2.69. The van der Waals surface area contributed by atoms with Crippen LogP contribution < -0.4 is 9.33 Å². The van der Waals surface area contributed by atoms with E-state index < -0.39 is 4.92 Å². The molecule has 2 heterocycles. The van der Waals surface area contributed by atoms with Crippen molar-refractivity contribution in [3.63, 3.8) is 0 Å². The predicted molar refractivity (Wildman–Crippen MR) is 95.3 cm³/mol. The summed E-state index contributed by atoms with van der Waals surface area (Å²) in [6.07, 6.45) is 1.00. The van der Waals surface area contributed by atoms with Crippen molar-refractivity contribution in [1.29, 1.82) is 0 Å². The van der Waals surface area contributed by atoms with Gasteiger partial charge < -0.3 is 9.47 Å². The molecule has 7 heteroatoms. The van der Waals surface area contributed by atoms with Crippen LogP contribution in [0.5, 0.6) is 0 Å². The second-order valence-corrected chi connectivity index (χ2v) is 6.19. The molecule has 3 aromatic rings. The van der Waals surface area contributed by atoms with Crippen LogP contribution in [0.25, 0.3) is 22.3 Å². The number of para-hydroxylation sites is 2. The molecule has 1 aliphatic rings. The zero-order chi connectivity index (χ0) is 17.6. The maximum absolute atomic E-state index is 13.1. The Morgan fingerprint density at radius 3 is 2.52 bits per heavy atom. The summed E-state index contributed by atoms with van der Waals surface area (Å²) in [6, 6.07) is 13.7. The van der Waals surface area contributed by atoms with Gasteiger partial charge in [-0.1, -0.05) is 12.1 Å². The van der Waals surface area contributed by atoms with Crippen molar-refractivity contribution in [1.82, 2.24) is 4.57 Å². The number of rotatable bonds is 2. The van der Waals surface area contributed by atoms with E-state index in [0.29, 0.717) is 16.8 Å². The van der Waals surface area contributed by atoms with E-state index in [-0.39, 0.29) is 5.69 Å². The molecule has 0 saturated carbocycles. The molecule has 0 fully saturated rings. The second kappa shape index (κ2) is 5.70. The fourth-order valence-electron chi connectivity index (χ4n) is 3.49. The minimum atomic E-state index is -0.439. The van der Waals surface area contributed by atoms with Gasteiger partial charge in [-0.15, -0.1) is 0 Å². The molecule has 4 rings (SSSR count). The van der Waals surface area contributed by atoms with Gasteiger partial charge in [0.25, 0.3) is 11.2 Å². The third-order valence-electron chi connectivity index (χ3n) is 4.65. The number of aryl methyl sites for hydroxylation is 1. The summed E-state index contributed by atoms with van der Waals surface area (Å²) in [4.78, 5) is 25.6. The molecule has 0 saturated heterocycles. The molecule has 1 aliphatic heterocycles. The smallest absolute Gasteiger partial charge is 0.311 e. The van der Waals surface area contributed by atoms with Crippen molar-refractivity contribution in [2.75, 3.05) is 18.5 Å². The van der Waals surface area contributed by atoms with Gasteiger partial charge in [0.05, 0.1) is 14.9 Å². The highest BCUT2D eigenvalue weighted by molar-refractivity contribution is 5.80. The molecular weight excluding hydrogens is 320 g/mol. The molecule has 0 N–H and O–H groups in total. The molecule has 0 bridgehead atoms. The van der Waals surface area contributed by atoms with E-state index in [0.717, 1.165) is 35.3 Å².